The van der Waals surface area contributed by atoms with Crippen LogP contribution in [0.15, 0.2) is 24.3 Å². The van der Waals surface area contributed by atoms with Gasteiger partial charge in [0, 0.05) is 6.42 Å². The van der Waals surface area contributed by atoms with Crippen molar-refractivity contribution in [3.05, 3.63) is 29.8 Å². The minimum Gasteiger partial charge on any atom is -0.493 e. The van der Waals surface area contributed by atoms with Crippen LogP contribution in [0.4, 0.5) is 0 Å². The van der Waals surface area contributed by atoms with Gasteiger partial charge in [0.15, 0.2) is 0 Å². The lowest BCUT2D eigenvalue weighted by Gasteiger charge is -2.11. The van der Waals surface area contributed by atoms with Gasteiger partial charge >= 0.3 is 11.9 Å². The van der Waals surface area contributed by atoms with Crippen LogP contribution in [0.25, 0.3) is 0 Å². The van der Waals surface area contributed by atoms with E-state index in [1.165, 1.54) is 0 Å². The van der Waals surface area contributed by atoms with Gasteiger partial charge < -0.3 is 19.5 Å². The van der Waals surface area contributed by atoms with Crippen molar-refractivity contribution in [3.8, 4) is 5.75 Å². The maximum absolute atomic E-state index is 12.1. The third-order valence-electron chi connectivity index (χ3n) is 2.99. The summed E-state index contributed by atoms with van der Waals surface area (Å²) in [5.41, 5.74) is 0.331. The van der Waals surface area contributed by atoms with Gasteiger partial charge in [0.1, 0.15) is 12.3 Å². The van der Waals surface area contributed by atoms with E-state index in [9.17, 15) is 14.4 Å². The Morgan fingerprint density at radius 2 is 2.14 bits per heavy atom. The number of ether oxygens (including phenoxy) is 3. The van der Waals surface area contributed by atoms with E-state index in [0.717, 1.165) is 0 Å². The first-order valence-electron chi connectivity index (χ1n) is 6.98. The number of esters is 2. The van der Waals surface area contributed by atoms with Crippen LogP contribution < -0.4 is 10.1 Å². The number of benzene rings is 1. The van der Waals surface area contributed by atoms with E-state index in [0.29, 0.717) is 24.3 Å². The zero-order valence-corrected chi connectivity index (χ0v) is 12.2. The molecule has 0 bridgehead atoms. The molecule has 0 unspecified atom stereocenters. The van der Waals surface area contributed by atoms with Gasteiger partial charge in [-0.3, -0.25) is 9.59 Å². The van der Waals surface area contributed by atoms with E-state index in [2.05, 4.69) is 10.1 Å². The van der Waals surface area contributed by atoms with Crippen LogP contribution in [0.2, 0.25) is 0 Å². The van der Waals surface area contributed by atoms with Gasteiger partial charge in [-0.25, -0.2) is 4.79 Å². The van der Waals surface area contributed by atoms with Crippen molar-refractivity contribution in [3.63, 3.8) is 0 Å². The molecule has 0 saturated carbocycles. The number of rotatable bonds is 6. The number of carbonyl (C=O) groups is 3. The first kappa shape index (κ1) is 15.8. The highest BCUT2D eigenvalue weighted by Gasteiger charge is 2.30. The van der Waals surface area contributed by atoms with Crippen molar-refractivity contribution in [1.29, 1.82) is 0 Å². The smallest absolute Gasteiger partial charge is 0.347 e. The molecule has 1 aromatic carbocycles. The fraction of sp³-hybridized carbons (Fsp3) is 0.400. The lowest BCUT2D eigenvalue weighted by Crippen LogP contribution is -2.33. The predicted molar refractivity (Wildman–Crippen MR) is 75.4 cm³/mol. The average Bonchev–Trinajstić information content (AvgIpc) is 2.91. The second-order valence-corrected chi connectivity index (χ2v) is 4.55. The molecule has 1 fully saturated rings. The summed E-state index contributed by atoms with van der Waals surface area (Å²) in [5.74, 6) is -1.25. The van der Waals surface area contributed by atoms with Gasteiger partial charge in [0.05, 0.1) is 18.8 Å². The maximum atomic E-state index is 12.1. The largest absolute Gasteiger partial charge is 0.493 e. The average molecular weight is 307 g/mol. The van der Waals surface area contributed by atoms with Crippen molar-refractivity contribution in [2.24, 2.45) is 0 Å². The Labute approximate surface area is 127 Å². The number of hydrogen-bond acceptors (Lipinski definition) is 6. The summed E-state index contributed by atoms with van der Waals surface area (Å²) in [7, 11) is 0. The number of nitrogens with one attached hydrogen (secondary N) is 1. The van der Waals surface area contributed by atoms with Crippen molar-refractivity contribution >= 4 is 17.8 Å². The van der Waals surface area contributed by atoms with E-state index < -0.39 is 23.9 Å². The molecule has 1 aliphatic heterocycles. The second-order valence-electron chi connectivity index (χ2n) is 4.55. The molecule has 118 valence electrons. The number of cyclic esters (lactones) is 1. The summed E-state index contributed by atoms with van der Waals surface area (Å²) in [4.78, 5) is 34.9. The SMILES string of the molecule is CCOc1ccccc1C(=O)NCC(=O)O[C@@H]1CCOC1=O. The highest BCUT2D eigenvalue weighted by molar-refractivity contribution is 5.98. The standard InChI is InChI=1S/C15H17NO6/c1-2-20-11-6-4-3-5-10(11)14(18)16-9-13(17)22-12-7-8-21-15(12)19/h3-6,12H,2,7-9H2,1H3,(H,16,18)/t12-/m1/s1. The van der Waals surface area contributed by atoms with Gasteiger partial charge in [-0.05, 0) is 19.1 Å². The maximum Gasteiger partial charge on any atom is 0.347 e. The van der Waals surface area contributed by atoms with Crippen LogP contribution in [0.5, 0.6) is 5.75 Å². The van der Waals surface area contributed by atoms with Crippen LogP contribution in [0.3, 0.4) is 0 Å². The zero-order chi connectivity index (χ0) is 15.9. The van der Waals surface area contributed by atoms with Gasteiger partial charge in [-0.1, -0.05) is 12.1 Å². The molecule has 0 radical (unpaired) electrons. The quantitative estimate of drug-likeness (QED) is 0.777. The molecule has 7 nitrogen and oxygen atoms in total. The summed E-state index contributed by atoms with van der Waals surface area (Å²) < 4.78 is 15.0. The molecule has 0 aliphatic carbocycles. The Hall–Kier alpha value is -2.57. The fourth-order valence-electron chi connectivity index (χ4n) is 1.97. The molecule has 2 rings (SSSR count). The van der Waals surface area contributed by atoms with E-state index in [1.54, 1.807) is 24.3 Å². The van der Waals surface area contributed by atoms with Crippen LogP contribution in [-0.2, 0) is 19.1 Å². The van der Waals surface area contributed by atoms with E-state index in [-0.39, 0.29) is 13.2 Å². The number of hydrogen-bond donors (Lipinski definition) is 1. The monoisotopic (exact) mass is 307 g/mol. The molecular weight excluding hydrogens is 290 g/mol. The number of para-hydroxylation sites is 1. The van der Waals surface area contributed by atoms with Crippen LogP contribution in [-0.4, -0.2) is 43.7 Å². The van der Waals surface area contributed by atoms with Crippen LogP contribution in [0, 0.1) is 0 Å². The molecule has 1 saturated heterocycles. The highest BCUT2D eigenvalue weighted by atomic mass is 16.6. The van der Waals surface area contributed by atoms with Crippen molar-refractivity contribution in [1.82, 2.24) is 5.32 Å². The van der Waals surface area contributed by atoms with Gasteiger partial charge in [0.2, 0.25) is 6.10 Å². The molecule has 0 aromatic heterocycles. The van der Waals surface area contributed by atoms with E-state index >= 15 is 0 Å². The van der Waals surface area contributed by atoms with Gasteiger partial charge in [-0.2, -0.15) is 0 Å². The topological polar surface area (TPSA) is 90.9 Å². The Bertz CT molecular complexity index is 571. The molecule has 0 spiro atoms. The first-order chi connectivity index (χ1) is 10.6. The highest BCUT2D eigenvalue weighted by Crippen LogP contribution is 2.17. The normalized spacial score (nSPS) is 16.8. The van der Waals surface area contributed by atoms with E-state index in [4.69, 9.17) is 9.47 Å². The Morgan fingerprint density at radius 3 is 2.82 bits per heavy atom. The fourth-order valence-corrected chi connectivity index (χ4v) is 1.97. The minimum absolute atomic E-state index is 0.241. The summed E-state index contributed by atoms with van der Waals surface area (Å²) in [6.07, 6.45) is -0.536. The van der Waals surface area contributed by atoms with Gasteiger partial charge in [0.25, 0.3) is 5.91 Å². The molecule has 22 heavy (non-hydrogen) atoms. The summed E-state index contributed by atoms with van der Waals surface area (Å²) in [5, 5.41) is 2.44. The molecule has 1 amide bonds. The Morgan fingerprint density at radius 1 is 1.36 bits per heavy atom. The number of amides is 1. The lowest BCUT2D eigenvalue weighted by molar-refractivity contribution is -0.159. The third kappa shape index (κ3) is 3.97. The molecular formula is C15H17NO6. The minimum atomic E-state index is -0.875. The van der Waals surface area contributed by atoms with Gasteiger partial charge in [-0.15, -0.1) is 0 Å². The molecule has 1 aromatic rings. The van der Waals surface area contributed by atoms with E-state index in [1.807, 2.05) is 6.92 Å². The Kier molecular flexibility index (Phi) is 5.35. The summed E-state index contributed by atoms with van der Waals surface area (Å²) in [6.45, 7) is 2.15. The van der Waals surface area contributed by atoms with Crippen molar-refractivity contribution in [2.45, 2.75) is 19.4 Å². The molecule has 7 heteroatoms. The number of carbonyl (C=O) groups excluding carboxylic acids is 3. The summed E-state index contributed by atoms with van der Waals surface area (Å²) >= 11 is 0. The Balaban J connectivity index is 1.87. The van der Waals surface area contributed by atoms with Crippen molar-refractivity contribution in [2.75, 3.05) is 19.8 Å². The second kappa shape index (κ2) is 7.44. The molecule has 1 atom stereocenters. The summed E-state index contributed by atoms with van der Waals surface area (Å²) in [6, 6.07) is 6.72. The lowest BCUT2D eigenvalue weighted by atomic mass is 10.2. The first-order valence-corrected chi connectivity index (χ1v) is 6.98. The van der Waals surface area contributed by atoms with Crippen LogP contribution >= 0.6 is 0 Å². The van der Waals surface area contributed by atoms with Crippen LogP contribution in [0.1, 0.15) is 23.7 Å². The molecule has 1 aliphatic rings. The van der Waals surface area contributed by atoms with Crippen molar-refractivity contribution < 1.29 is 28.6 Å². The third-order valence-corrected chi connectivity index (χ3v) is 2.99. The molecule has 1 heterocycles. The molecule has 1 N–H and O–H groups in total. The predicted octanol–water partition coefficient (Wildman–Crippen LogP) is 0.674. The zero-order valence-electron chi connectivity index (χ0n) is 12.2.